The highest BCUT2D eigenvalue weighted by molar-refractivity contribution is 5.46. The average molecular weight is 247 g/mol. The molecule has 100 valence electrons. The monoisotopic (exact) mass is 247 g/mol. The number of rotatable bonds is 2. The second-order valence-corrected chi connectivity index (χ2v) is 6.13. The van der Waals surface area contributed by atoms with E-state index in [-0.39, 0.29) is 5.54 Å². The van der Waals surface area contributed by atoms with Crippen molar-refractivity contribution in [3.05, 3.63) is 29.8 Å². The molecule has 1 aliphatic heterocycles. The van der Waals surface area contributed by atoms with Crippen molar-refractivity contribution in [2.75, 3.05) is 31.9 Å². The van der Waals surface area contributed by atoms with E-state index in [1.165, 1.54) is 5.56 Å². The molecular weight excluding hydrogens is 222 g/mol. The molecule has 1 fully saturated rings. The molecule has 0 aliphatic carbocycles. The van der Waals surface area contributed by atoms with Gasteiger partial charge in [0.2, 0.25) is 0 Å². The maximum atomic E-state index is 6.00. The molecule has 1 heterocycles. The Labute approximate surface area is 111 Å². The number of piperazine rings is 1. The standard InChI is InChI=1S/C15H25N3/c1-15(2,3)18-10-8-17(9-11-18)12-13-6-4-5-7-14(13)16/h4-7H,8-12,16H2,1-3H3. The van der Waals surface area contributed by atoms with Crippen LogP contribution < -0.4 is 5.73 Å². The maximum Gasteiger partial charge on any atom is 0.0359 e. The first-order chi connectivity index (χ1) is 8.47. The molecule has 3 heteroatoms. The fourth-order valence-corrected chi connectivity index (χ4v) is 2.50. The zero-order chi connectivity index (χ0) is 13.2. The van der Waals surface area contributed by atoms with Gasteiger partial charge in [0.25, 0.3) is 0 Å². The highest BCUT2D eigenvalue weighted by Gasteiger charge is 2.25. The number of para-hydroxylation sites is 1. The van der Waals surface area contributed by atoms with E-state index >= 15 is 0 Å². The predicted molar refractivity (Wildman–Crippen MR) is 77.5 cm³/mol. The normalized spacial score (nSPS) is 19.1. The largest absolute Gasteiger partial charge is 0.398 e. The van der Waals surface area contributed by atoms with E-state index in [9.17, 15) is 0 Å². The quantitative estimate of drug-likeness (QED) is 0.813. The molecule has 0 bridgehead atoms. The van der Waals surface area contributed by atoms with E-state index in [1.807, 2.05) is 12.1 Å². The summed E-state index contributed by atoms with van der Waals surface area (Å²) in [6.07, 6.45) is 0. The lowest BCUT2D eigenvalue weighted by molar-refractivity contribution is 0.0592. The van der Waals surface area contributed by atoms with Gasteiger partial charge in [-0.1, -0.05) is 18.2 Å². The van der Waals surface area contributed by atoms with Gasteiger partial charge in [-0.15, -0.1) is 0 Å². The van der Waals surface area contributed by atoms with Crippen LogP contribution in [-0.4, -0.2) is 41.5 Å². The summed E-state index contributed by atoms with van der Waals surface area (Å²) >= 11 is 0. The number of nitrogens with two attached hydrogens (primary N) is 1. The van der Waals surface area contributed by atoms with E-state index in [0.29, 0.717) is 0 Å². The predicted octanol–water partition coefficient (Wildman–Crippen LogP) is 2.18. The van der Waals surface area contributed by atoms with Crippen LogP contribution in [0.25, 0.3) is 0 Å². The molecule has 2 N–H and O–H groups in total. The summed E-state index contributed by atoms with van der Waals surface area (Å²) in [5, 5.41) is 0. The van der Waals surface area contributed by atoms with Gasteiger partial charge in [0.05, 0.1) is 0 Å². The van der Waals surface area contributed by atoms with Gasteiger partial charge in [-0.05, 0) is 32.4 Å². The Bertz CT molecular complexity index is 387. The van der Waals surface area contributed by atoms with Gasteiger partial charge in [-0.25, -0.2) is 0 Å². The van der Waals surface area contributed by atoms with Crippen molar-refractivity contribution in [3.8, 4) is 0 Å². The van der Waals surface area contributed by atoms with Gasteiger partial charge in [-0.2, -0.15) is 0 Å². The molecule has 1 saturated heterocycles. The summed E-state index contributed by atoms with van der Waals surface area (Å²) in [5.41, 5.74) is 8.45. The molecule has 0 aromatic heterocycles. The van der Waals surface area contributed by atoms with Crippen molar-refractivity contribution in [1.82, 2.24) is 9.80 Å². The van der Waals surface area contributed by atoms with Crippen molar-refractivity contribution in [1.29, 1.82) is 0 Å². The molecule has 0 atom stereocenters. The van der Waals surface area contributed by atoms with Crippen LogP contribution in [0, 0.1) is 0 Å². The minimum Gasteiger partial charge on any atom is -0.398 e. The minimum atomic E-state index is 0.290. The Balaban J connectivity index is 1.90. The van der Waals surface area contributed by atoms with Crippen LogP contribution in [0.4, 0.5) is 5.69 Å². The Morgan fingerprint density at radius 3 is 2.22 bits per heavy atom. The molecule has 1 aliphatic rings. The van der Waals surface area contributed by atoms with Crippen LogP contribution in [0.5, 0.6) is 0 Å². The number of nitrogens with zero attached hydrogens (tertiary/aromatic N) is 2. The van der Waals surface area contributed by atoms with E-state index in [4.69, 9.17) is 5.73 Å². The van der Waals surface area contributed by atoms with Crippen LogP contribution in [0.1, 0.15) is 26.3 Å². The summed E-state index contributed by atoms with van der Waals surface area (Å²) in [5.74, 6) is 0. The topological polar surface area (TPSA) is 32.5 Å². The molecule has 2 rings (SSSR count). The molecule has 3 nitrogen and oxygen atoms in total. The van der Waals surface area contributed by atoms with Gasteiger partial charge in [0, 0.05) is 44.0 Å². The zero-order valence-corrected chi connectivity index (χ0v) is 11.8. The SMILES string of the molecule is CC(C)(C)N1CCN(Cc2ccccc2N)CC1. The van der Waals surface area contributed by atoms with E-state index < -0.39 is 0 Å². The molecule has 18 heavy (non-hydrogen) atoms. The Morgan fingerprint density at radius 1 is 1.06 bits per heavy atom. The van der Waals surface area contributed by atoms with Crippen molar-refractivity contribution in [2.45, 2.75) is 32.9 Å². The Hall–Kier alpha value is -1.06. The van der Waals surface area contributed by atoms with Crippen molar-refractivity contribution >= 4 is 5.69 Å². The van der Waals surface area contributed by atoms with Crippen LogP contribution in [0.3, 0.4) is 0 Å². The van der Waals surface area contributed by atoms with E-state index in [0.717, 1.165) is 38.4 Å². The number of nitrogen functional groups attached to an aromatic ring is 1. The Kier molecular flexibility index (Phi) is 3.93. The zero-order valence-electron chi connectivity index (χ0n) is 11.8. The number of benzene rings is 1. The van der Waals surface area contributed by atoms with Gasteiger partial charge < -0.3 is 5.73 Å². The molecule has 0 saturated carbocycles. The summed E-state index contributed by atoms with van der Waals surface area (Å²) < 4.78 is 0. The third kappa shape index (κ3) is 3.24. The highest BCUT2D eigenvalue weighted by Crippen LogP contribution is 2.18. The van der Waals surface area contributed by atoms with Gasteiger partial charge in [0.1, 0.15) is 0 Å². The Morgan fingerprint density at radius 2 is 1.67 bits per heavy atom. The average Bonchev–Trinajstić information content (AvgIpc) is 2.32. The van der Waals surface area contributed by atoms with Crippen LogP contribution in [0.2, 0.25) is 0 Å². The summed E-state index contributed by atoms with van der Waals surface area (Å²) in [6, 6.07) is 8.18. The number of hydrogen-bond donors (Lipinski definition) is 1. The van der Waals surface area contributed by atoms with Crippen LogP contribution in [0.15, 0.2) is 24.3 Å². The van der Waals surface area contributed by atoms with Crippen molar-refractivity contribution in [2.24, 2.45) is 0 Å². The minimum absolute atomic E-state index is 0.290. The molecule has 0 radical (unpaired) electrons. The lowest BCUT2D eigenvalue weighted by Crippen LogP contribution is -2.53. The van der Waals surface area contributed by atoms with E-state index in [2.05, 4.69) is 42.7 Å². The van der Waals surface area contributed by atoms with E-state index in [1.54, 1.807) is 0 Å². The summed E-state index contributed by atoms with van der Waals surface area (Å²) in [4.78, 5) is 5.05. The summed E-state index contributed by atoms with van der Waals surface area (Å²) in [7, 11) is 0. The molecule has 1 aromatic rings. The van der Waals surface area contributed by atoms with Crippen LogP contribution in [-0.2, 0) is 6.54 Å². The fraction of sp³-hybridized carbons (Fsp3) is 0.600. The smallest absolute Gasteiger partial charge is 0.0359 e. The first-order valence-corrected chi connectivity index (χ1v) is 6.77. The van der Waals surface area contributed by atoms with Gasteiger partial charge in [0.15, 0.2) is 0 Å². The second-order valence-electron chi connectivity index (χ2n) is 6.13. The number of anilines is 1. The van der Waals surface area contributed by atoms with Gasteiger partial charge in [-0.3, -0.25) is 9.80 Å². The second kappa shape index (κ2) is 5.29. The fourth-order valence-electron chi connectivity index (χ4n) is 2.50. The first kappa shape index (κ1) is 13.4. The maximum absolute atomic E-state index is 6.00. The molecule has 0 spiro atoms. The van der Waals surface area contributed by atoms with Crippen LogP contribution >= 0.6 is 0 Å². The lowest BCUT2D eigenvalue weighted by atomic mass is 10.0. The van der Waals surface area contributed by atoms with Crippen molar-refractivity contribution < 1.29 is 0 Å². The third-order valence-electron chi connectivity index (χ3n) is 3.77. The molecule has 1 aromatic carbocycles. The lowest BCUT2D eigenvalue weighted by Gasteiger charge is -2.42. The number of hydrogen-bond acceptors (Lipinski definition) is 3. The van der Waals surface area contributed by atoms with Gasteiger partial charge >= 0.3 is 0 Å². The van der Waals surface area contributed by atoms with Crippen molar-refractivity contribution in [3.63, 3.8) is 0 Å². The molecular formula is C15H25N3. The third-order valence-corrected chi connectivity index (χ3v) is 3.77. The summed E-state index contributed by atoms with van der Waals surface area (Å²) in [6.45, 7) is 12.4. The highest BCUT2D eigenvalue weighted by atomic mass is 15.3. The molecule has 0 unspecified atom stereocenters. The first-order valence-electron chi connectivity index (χ1n) is 6.77. The molecule has 0 amide bonds.